The molecule has 0 bridgehead atoms. The summed E-state index contributed by atoms with van der Waals surface area (Å²) in [6.07, 6.45) is 5.27. The largest absolute Gasteiger partial charge is 0.378 e. The average Bonchev–Trinajstić information content (AvgIpc) is 3.44. The number of aliphatic imine (C=N–C) groups is 1. The molecule has 0 unspecified atom stereocenters. The van der Waals surface area contributed by atoms with Gasteiger partial charge in [0, 0.05) is 54.2 Å². The van der Waals surface area contributed by atoms with Crippen molar-refractivity contribution in [3.8, 4) is 11.3 Å². The Morgan fingerprint density at radius 2 is 1.82 bits per heavy atom. The molecule has 10 heteroatoms. The molecule has 0 radical (unpaired) electrons. The van der Waals surface area contributed by atoms with Gasteiger partial charge in [-0.05, 0) is 67.1 Å². The molecule has 2 N–H and O–H groups in total. The number of hydrogen-bond acceptors (Lipinski definition) is 9. The third-order valence-corrected chi connectivity index (χ3v) is 6.55. The van der Waals surface area contributed by atoms with E-state index in [1.54, 1.807) is 24.5 Å². The van der Waals surface area contributed by atoms with Crippen molar-refractivity contribution in [2.45, 2.75) is 6.92 Å². The van der Waals surface area contributed by atoms with Crippen LogP contribution in [0, 0.1) is 12.7 Å². The normalized spacial score (nSPS) is 15.3. The van der Waals surface area contributed by atoms with Crippen molar-refractivity contribution in [1.82, 2.24) is 20.4 Å². The first-order valence-corrected chi connectivity index (χ1v) is 12.5. The smallest absolute Gasteiger partial charge is 0.227 e. The Morgan fingerprint density at radius 1 is 0.974 bits per heavy atom. The van der Waals surface area contributed by atoms with Gasteiger partial charge in [0.05, 0.1) is 24.6 Å². The van der Waals surface area contributed by atoms with Crippen LogP contribution in [0.4, 0.5) is 27.4 Å². The fraction of sp³-hybridized carbons (Fsp3) is 0.214. The Morgan fingerprint density at radius 3 is 2.63 bits per heavy atom. The molecule has 2 aliphatic heterocycles. The summed E-state index contributed by atoms with van der Waals surface area (Å²) in [4.78, 5) is 19.9. The number of aromatic nitrogens is 3. The zero-order valence-electron chi connectivity index (χ0n) is 20.9. The summed E-state index contributed by atoms with van der Waals surface area (Å²) in [5, 5.41) is 5.22. The molecule has 38 heavy (non-hydrogen) atoms. The molecule has 0 aliphatic carbocycles. The van der Waals surface area contributed by atoms with Gasteiger partial charge in [0.15, 0.2) is 5.84 Å². The first kappa shape index (κ1) is 23.8. The number of halogens is 1. The number of morpholine rings is 1. The highest BCUT2D eigenvalue weighted by molar-refractivity contribution is 6.01. The summed E-state index contributed by atoms with van der Waals surface area (Å²) >= 11 is 0. The highest BCUT2D eigenvalue weighted by Gasteiger charge is 2.18. The minimum atomic E-state index is -0.297. The molecule has 2 aromatic heterocycles. The number of hydrazine groups is 1. The van der Waals surface area contributed by atoms with E-state index in [4.69, 9.17) is 4.74 Å². The molecule has 4 heterocycles. The summed E-state index contributed by atoms with van der Waals surface area (Å²) in [6, 6.07) is 16.7. The first-order valence-electron chi connectivity index (χ1n) is 12.5. The van der Waals surface area contributed by atoms with Crippen LogP contribution in [0.2, 0.25) is 0 Å². The van der Waals surface area contributed by atoms with E-state index < -0.39 is 0 Å². The summed E-state index contributed by atoms with van der Waals surface area (Å²) in [7, 11) is 0. The standard InChI is InChI=1S/C28H27FN8O/c1-19-6-8-30-17-25(19)27-32-18-37(35-27)23-4-2-22(3-5-23)33-28-31-9-7-26(34-28)20-14-21(29)16-24(15-20)36-10-12-38-13-11-36/h2-9,14-17H,10-13,18H2,1H3,(H,32,35)(H,31,33,34). The topological polar surface area (TPSA) is 90.8 Å². The summed E-state index contributed by atoms with van der Waals surface area (Å²) < 4.78 is 19.9. The van der Waals surface area contributed by atoms with E-state index in [0.717, 1.165) is 47.1 Å². The van der Waals surface area contributed by atoms with E-state index in [0.29, 0.717) is 37.1 Å². The van der Waals surface area contributed by atoms with Crippen LogP contribution in [0.25, 0.3) is 11.3 Å². The van der Waals surface area contributed by atoms with E-state index >= 15 is 0 Å². The van der Waals surface area contributed by atoms with Gasteiger partial charge in [-0.3, -0.25) is 15.4 Å². The molecule has 4 aromatic rings. The lowest BCUT2D eigenvalue weighted by atomic mass is 10.1. The fourth-order valence-corrected chi connectivity index (χ4v) is 4.50. The number of hydrogen-bond donors (Lipinski definition) is 2. The van der Waals surface area contributed by atoms with Crippen LogP contribution < -0.4 is 20.7 Å². The number of aryl methyl sites for hydroxylation is 1. The summed E-state index contributed by atoms with van der Waals surface area (Å²) in [5.74, 6) is 0.940. The molecule has 0 spiro atoms. The van der Waals surface area contributed by atoms with Crippen LogP contribution in [0.5, 0.6) is 0 Å². The van der Waals surface area contributed by atoms with Gasteiger partial charge in [0.1, 0.15) is 12.5 Å². The number of anilines is 4. The lowest BCUT2D eigenvalue weighted by molar-refractivity contribution is 0.122. The van der Waals surface area contributed by atoms with E-state index in [1.807, 2.05) is 54.5 Å². The minimum Gasteiger partial charge on any atom is -0.378 e. The second kappa shape index (κ2) is 10.4. The summed E-state index contributed by atoms with van der Waals surface area (Å²) in [5.41, 5.74) is 9.43. The average molecular weight is 511 g/mol. The van der Waals surface area contributed by atoms with Gasteiger partial charge < -0.3 is 15.0 Å². The SMILES string of the molecule is Cc1ccncc1C1=NCN(c2ccc(Nc3nccc(-c4cc(F)cc(N5CCOCC5)c4)n3)cc2)N1. The Labute approximate surface area is 220 Å². The molecular formula is C28H27FN8O. The number of ether oxygens (including phenoxy) is 1. The number of benzene rings is 2. The van der Waals surface area contributed by atoms with Gasteiger partial charge in [0.2, 0.25) is 5.95 Å². The Hall–Kier alpha value is -4.57. The third kappa shape index (κ3) is 5.12. The molecule has 0 amide bonds. The zero-order valence-corrected chi connectivity index (χ0v) is 20.9. The fourth-order valence-electron chi connectivity index (χ4n) is 4.50. The van der Waals surface area contributed by atoms with Crippen LogP contribution >= 0.6 is 0 Å². The highest BCUT2D eigenvalue weighted by atomic mass is 19.1. The van der Waals surface area contributed by atoms with Crippen molar-refractivity contribution >= 4 is 28.8 Å². The van der Waals surface area contributed by atoms with Crippen LogP contribution in [0.3, 0.4) is 0 Å². The molecule has 2 aromatic carbocycles. The molecule has 0 atom stereocenters. The maximum Gasteiger partial charge on any atom is 0.227 e. The number of amidine groups is 1. The van der Waals surface area contributed by atoms with Gasteiger partial charge in [-0.1, -0.05) is 0 Å². The van der Waals surface area contributed by atoms with Crippen molar-refractivity contribution < 1.29 is 9.13 Å². The predicted molar refractivity (Wildman–Crippen MR) is 146 cm³/mol. The van der Waals surface area contributed by atoms with E-state index in [1.165, 1.54) is 6.07 Å². The quantitative estimate of drug-likeness (QED) is 0.397. The molecule has 1 fully saturated rings. The van der Waals surface area contributed by atoms with Gasteiger partial charge >= 0.3 is 0 Å². The Kier molecular flexibility index (Phi) is 6.53. The second-order valence-corrected chi connectivity index (χ2v) is 9.11. The second-order valence-electron chi connectivity index (χ2n) is 9.11. The molecule has 192 valence electrons. The molecule has 6 rings (SSSR count). The monoisotopic (exact) mass is 510 g/mol. The third-order valence-electron chi connectivity index (χ3n) is 6.55. The van der Waals surface area contributed by atoms with Crippen molar-refractivity contribution in [2.75, 3.05) is 48.2 Å². The zero-order chi connectivity index (χ0) is 25.9. The van der Waals surface area contributed by atoms with Gasteiger partial charge in [0.25, 0.3) is 0 Å². The molecule has 0 saturated carbocycles. The van der Waals surface area contributed by atoms with E-state index in [9.17, 15) is 4.39 Å². The van der Waals surface area contributed by atoms with Crippen molar-refractivity contribution in [3.63, 3.8) is 0 Å². The van der Waals surface area contributed by atoms with Crippen molar-refractivity contribution in [2.24, 2.45) is 4.99 Å². The molecule has 1 saturated heterocycles. The van der Waals surface area contributed by atoms with Gasteiger partial charge in [-0.25, -0.2) is 19.4 Å². The first-order chi connectivity index (χ1) is 18.6. The van der Waals surface area contributed by atoms with Crippen LogP contribution in [0.1, 0.15) is 11.1 Å². The number of pyridine rings is 1. The Bertz CT molecular complexity index is 1470. The Balaban J connectivity index is 1.14. The predicted octanol–water partition coefficient (Wildman–Crippen LogP) is 4.30. The number of nitrogens with zero attached hydrogens (tertiary/aromatic N) is 6. The lowest BCUT2D eigenvalue weighted by Gasteiger charge is -2.29. The van der Waals surface area contributed by atoms with Crippen LogP contribution in [0.15, 0.2) is 78.2 Å². The minimum absolute atomic E-state index is 0.297. The maximum absolute atomic E-state index is 14.5. The number of rotatable bonds is 6. The van der Waals surface area contributed by atoms with Crippen molar-refractivity contribution in [1.29, 1.82) is 0 Å². The van der Waals surface area contributed by atoms with Gasteiger partial charge in [-0.15, -0.1) is 0 Å². The maximum atomic E-state index is 14.5. The lowest BCUT2D eigenvalue weighted by Crippen LogP contribution is -2.36. The molecule has 9 nitrogen and oxygen atoms in total. The van der Waals surface area contributed by atoms with E-state index in [2.05, 4.69) is 35.6 Å². The highest BCUT2D eigenvalue weighted by Crippen LogP contribution is 2.27. The summed E-state index contributed by atoms with van der Waals surface area (Å²) in [6.45, 7) is 5.29. The van der Waals surface area contributed by atoms with Gasteiger partial charge in [-0.2, -0.15) is 0 Å². The molecule has 2 aliphatic rings. The molecular weight excluding hydrogens is 483 g/mol. The van der Waals surface area contributed by atoms with Crippen LogP contribution in [-0.2, 0) is 4.74 Å². The van der Waals surface area contributed by atoms with Crippen LogP contribution in [-0.4, -0.2) is 53.8 Å². The van der Waals surface area contributed by atoms with E-state index in [-0.39, 0.29) is 5.82 Å². The van der Waals surface area contributed by atoms with Crippen molar-refractivity contribution in [3.05, 3.63) is 90.1 Å². The number of nitrogens with one attached hydrogen (secondary N) is 2.